The first-order chi connectivity index (χ1) is 12.4. The summed E-state index contributed by atoms with van der Waals surface area (Å²) in [4.78, 5) is 4.23. The number of hydrogen-bond donors (Lipinski definition) is 0. The Morgan fingerprint density at radius 3 is 1.96 bits per heavy atom. The van der Waals surface area contributed by atoms with Crippen LogP contribution in [0, 0.1) is 0 Å². The fourth-order valence-electron chi connectivity index (χ4n) is 2.69. The van der Waals surface area contributed by atoms with Gasteiger partial charge in [0.15, 0.2) is 0 Å². The summed E-state index contributed by atoms with van der Waals surface area (Å²) in [6.45, 7) is 2.74. The Morgan fingerprint density at radius 2 is 1.32 bits per heavy atom. The predicted octanol–water partition coefficient (Wildman–Crippen LogP) is 4.31. The van der Waals surface area contributed by atoms with Gasteiger partial charge in [-0.1, -0.05) is 24.3 Å². The number of rotatable bonds is 9. The summed E-state index contributed by atoms with van der Waals surface area (Å²) < 4.78 is 16.3. The number of hydrogen-bond acceptors (Lipinski definition) is 6. The van der Waals surface area contributed by atoms with Crippen LogP contribution in [0.1, 0.15) is 0 Å². The topological polar surface area (TPSA) is 37.6 Å². The van der Waals surface area contributed by atoms with E-state index >= 15 is 0 Å². The summed E-state index contributed by atoms with van der Waals surface area (Å²) in [6, 6.07) is 11.1. The second-order valence-corrected chi connectivity index (χ2v) is 9.68. The van der Waals surface area contributed by atoms with Crippen LogP contribution >= 0.6 is 35.3 Å². The van der Waals surface area contributed by atoms with E-state index in [4.69, 9.17) is 14.2 Å². The highest BCUT2D eigenvalue weighted by Crippen LogP contribution is 2.45. The van der Waals surface area contributed by atoms with Gasteiger partial charge in [-0.3, -0.25) is 0 Å². The number of benzene rings is 2. The van der Waals surface area contributed by atoms with Crippen LogP contribution in [0.2, 0.25) is 0 Å². The maximum atomic E-state index is 5.44. The lowest BCUT2D eigenvalue weighted by Crippen LogP contribution is -1.97. The molecule has 0 bridgehead atoms. The molecule has 6 heteroatoms. The normalized spacial score (nSPS) is 26.8. The van der Waals surface area contributed by atoms with Crippen molar-refractivity contribution in [2.24, 2.45) is 0 Å². The molecule has 3 unspecified atom stereocenters. The minimum Gasteiger partial charge on any atom is -0.372 e. The van der Waals surface area contributed by atoms with Gasteiger partial charge in [-0.25, -0.2) is 0 Å². The van der Waals surface area contributed by atoms with Crippen molar-refractivity contribution < 1.29 is 14.2 Å². The van der Waals surface area contributed by atoms with Gasteiger partial charge in [-0.2, -0.15) is 0 Å². The van der Waals surface area contributed by atoms with Gasteiger partial charge in [0, 0.05) is 31.9 Å². The number of ether oxygens (including phenoxy) is 3. The lowest BCUT2D eigenvalue weighted by Gasteiger charge is -2.16. The SMILES string of the molecule is c1ccc2c(SCC3CO3)c(SCC3CO3)c(SCC3CO3)cc2c1. The smallest absolute Gasteiger partial charge is 0.0903 e. The number of epoxide rings is 3. The molecule has 3 saturated heterocycles. The number of fused-ring (bicyclic) bond motifs is 1. The highest BCUT2D eigenvalue weighted by Gasteiger charge is 2.28. The van der Waals surface area contributed by atoms with Crippen molar-refractivity contribution in [3.05, 3.63) is 30.3 Å². The monoisotopic (exact) mass is 392 g/mol. The van der Waals surface area contributed by atoms with Crippen LogP contribution in [0.3, 0.4) is 0 Å². The van der Waals surface area contributed by atoms with E-state index in [1.54, 1.807) is 0 Å². The van der Waals surface area contributed by atoms with E-state index in [2.05, 4.69) is 30.3 Å². The van der Waals surface area contributed by atoms with Crippen molar-refractivity contribution in [2.75, 3.05) is 37.1 Å². The predicted molar refractivity (Wildman–Crippen MR) is 105 cm³/mol. The van der Waals surface area contributed by atoms with Gasteiger partial charge in [0.25, 0.3) is 0 Å². The molecule has 0 amide bonds. The molecule has 3 aliphatic heterocycles. The van der Waals surface area contributed by atoms with Crippen molar-refractivity contribution in [1.82, 2.24) is 0 Å². The average Bonchev–Trinajstić information content (AvgIpc) is 3.47. The van der Waals surface area contributed by atoms with Gasteiger partial charge >= 0.3 is 0 Å². The van der Waals surface area contributed by atoms with Gasteiger partial charge in [-0.05, 0) is 16.8 Å². The molecule has 3 atom stereocenters. The van der Waals surface area contributed by atoms with E-state index in [-0.39, 0.29) is 0 Å². The zero-order chi connectivity index (χ0) is 16.6. The highest BCUT2D eigenvalue weighted by atomic mass is 32.2. The Morgan fingerprint density at radius 1 is 0.760 bits per heavy atom. The summed E-state index contributed by atoms with van der Waals surface area (Å²) in [7, 11) is 0. The lowest BCUT2D eigenvalue weighted by molar-refractivity contribution is 0.425. The van der Waals surface area contributed by atoms with E-state index in [9.17, 15) is 0 Å². The Kier molecular flexibility index (Phi) is 4.92. The first-order valence-electron chi connectivity index (χ1n) is 8.66. The van der Waals surface area contributed by atoms with E-state index in [0.29, 0.717) is 18.3 Å². The average molecular weight is 393 g/mol. The molecule has 0 radical (unpaired) electrons. The summed E-state index contributed by atoms with van der Waals surface area (Å²) in [5, 5.41) is 2.69. The maximum Gasteiger partial charge on any atom is 0.0903 e. The molecule has 3 nitrogen and oxygen atoms in total. The largest absolute Gasteiger partial charge is 0.372 e. The van der Waals surface area contributed by atoms with Gasteiger partial charge in [0.05, 0.1) is 38.1 Å². The second-order valence-electron chi connectivity index (χ2n) is 6.55. The molecule has 2 aromatic carbocycles. The van der Waals surface area contributed by atoms with Crippen molar-refractivity contribution in [2.45, 2.75) is 33.0 Å². The Hall–Kier alpha value is -0.370. The molecule has 25 heavy (non-hydrogen) atoms. The number of thioether (sulfide) groups is 3. The third-order valence-corrected chi connectivity index (χ3v) is 8.31. The summed E-state index contributed by atoms with van der Waals surface area (Å²) in [6.07, 6.45) is 1.31. The van der Waals surface area contributed by atoms with E-state index < -0.39 is 0 Å². The van der Waals surface area contributed by atoms with Gasteiger partial charge < -0.3 is 14.2 Å². The molecular formula is C19H20O3S3. The first-order valence-corrected chi connectivity index (χ1v) is 11.6. The standard InChI is InChI=1S/C19H20O3S3/c1-2-4-16-12(3-1)5-17(23-9-13-6-20-13)19(25-11-15-8-22-15)18(16)24-10-14-7-21-14/h1-5,13-15H,6-11H2. The molecule has 0 saturated carbocycles. The molecular weight excluding hydrogens is 372 g/mol. The molecule has 0 aliphatic carbocycles. The maximum absolute atomic E-state index is 5.44. The van der Waals surface area contributed by atoms with Crippen molar-refractivity contribution in [3.63, 3.8) is 0 Å². The lowest BCUT2D eigenvalue weighted by atomic mass is 10.1. The van der Waals surface area contributed by atoms with E-state index in [1.165, 1.54) is 25.5 Å². The molecule has 132 valence electrons. The van der Waals surface area contributed by atoms with Crippen LogP contribution in [0.4, 0.5) is 0 Å². The van der Waals surface area contributed by atoms with E-state index in [0.717, 1.165) is 37.1 Å². The zero-order valence-corrected chi connectivity index (χ0v) is 16.3. The summed E-state index contributed by atoms with van der Waals surface area (Å²) in [5.74, 6) is 3.12. The molecule has 0 spiro atoms. The molecule has 5 rings (SSSR count). The third-order valence-electron chi connectivity index (χ3n) is 4.38. The fraction of sp³-hybridized carbons (Fsp3) is 0.474. The molecule has 3 fully saturated rings. The molecule has 0 aromatic heterocycles. The first kappa shape index (κ1) is 16.8. The Bertz CT molecular complexity index is 770. The summed E-state index contributed by atoms with van der Waals surface area (Å²) >= 11 is 5.84. The second kappa shape index (κ2) is 7.33. The van der Waals surface area contributed by atoms with Crippen molar-refractivity contribution in [1.29, 1.82) is 0 Å². The Balaban J connectivity index is 1.50. The van der Waals surface area contributed by atoms with Gasteiger partial charge in [-0.15, -0.1) is 35.3 Å². The minimum atomic E-state index is 0.435. The van der Waals surface area contributed by atoms with Crippen LogP contribution < -0.4 is 0 Å². The summed E-state index contributed by atoms with van der Waals surface area (Å²) in [5.41, 5.74) is 0. The zero-order valence-electron chi connectivity index (χ0n) is 13.8. The minimum absolute atomic E-state index is 0.435. The van der Waals surface area contributed by atoms with Crippen LogP contribution in [-0.2, 0) is 14.2 Å². The van der Waals surface area contributed by atoms with Gasteiger partial charge in [0.2, 0.25) is 0 Å². The Labute approximate surface area is 160 Å². The molecule has 3 aliphatic rings. The van der Waals surface area contributed by atoms with Crippen LogP contribution in [0.25, 0.3) is 10.8 Å². The third kappa shape index (κ3) is 4.31. The van der Waals surface area contributed by atoms with Crippen molar-refractivity contribution >= 4 is 46.1 Å². The quantitative estimate of drug-likeness (QED) is 0.468. The highest BCUT2D eigenvalue weighted by molar-refractivity contribution is 8.04. The van der Waals surface area contributed by atoms with Gasteiger partial charge in [0.1, 0.15) is 0 Å². The van der Waals surface area contributed by atoms with Crippen LogP contribution in [-0.4, -0.2) is 55.4 Å². The molecule has 3 heterocycles. The molecule has 2 aromatic rings. The fourth-order valence-corrected chi connectivity index (χ4v) is 6.57. The van der Waals surface area contributed by atoms with Crippen LogP contribution in [0.5, 0.6) is 0 Å². The van der Waals surface area contributed by atoms with Crippen molar-refractivity contribution in [3.8, 4) is 0 Å². The molecule has 0 N–H and O–H groups in total. The van der Waals surface area contributed by atoms with Crippen LogP contribution in [0.15, 0.2) is 45.0 Å². The van der Waals surface area contributed by atoms with E-state index in [1.807, 2.05) is 35.3 Å².